The Bertz CT molecular complexity index is 1050. The second kappa shape index (κ2) is 9.09. The van der Waals surface area contributed by atoms with Gasteiger partial charge in [-0.25, -0.2) is 4.98 Å². The van der Waals surface area contributed by atoms with Crippen LogP contribution in [-0.4, -0.2) is 47.2 Å². The van der Waals surface area contributed by atoms with Gasteiger partial charge in [-0.15, -0.1) is 0 Å². The molecule has 4 rings (SSSR count). The Morgan fingerprint density at radius 2 is 1.97 bits per heavy atom. The molecule has 1 aliphatic heterocycles. The zero-order chi connectivity index (χ0) is 20.9. The first-order chi connectivity index (χ1) is 14.7. The zero-order valence-electron chi connectivity index (χ0n) is 17.3. The summed E-state index contributed by atoms with van der Waals surface area (Å²) in [6, 6.07) is 11.3. The van der Waals surface area contributed by atoms with Crippen LogP contribution in [0.5, 0.6) is 11.5 Å². The lowest BCUT2D eigenvalue weighted by molar-refractivity contribution is 0.196. The van der Waals surface area contributed by atoms with E-state index in [2.05, 4.69) is 14.9 Å². The monoisotopic (exact) mass is 406 g/mol. The predicted octanol–water partition coefficient (Wildman–Crippen LogP) is 3.23. The van der Waals surface area contributed by atoms with Gasteiger partial charge in [-0.3, -0.25) is 14.7 Å². The van der Waals surface area contributed by atoms with Gasteiger partial charge in [0.2, 0.25) is 0 Å². The molecule has 0 spiro atoms. The van der Waals surface area contributed by atoms with Gasteiger partial charge in [0, 0.05) is 54.7 Å². The number of H-pyrrole nitrogens is 1. The number of nitrogens with one attached hydrogen (secondary N) is 1. The standard InChI is InChI=1S/C23H26N4O3/c1-29-19-6-5-18(21(12-19)30-2)15-27-11-3-4-17(14-27)20-13-22(28)26-23(25-20)16-7-9-24-10-8-16/h5-10,12-13,17H,3-4,11,14-15H2,1-2H3,(H,25,26,28). The maximum Gasteiger partial charge on any atom is 0.251 e. The second-order valence-electron chi connectivity index (χ2n) is 7.51. The molecule has 30 heavy (non-hydrogen) atoms. The van der Waals surface area contributed by atoms with E-state index >= 15 is 0 Å². The summed E-state index contributed by atoms with van der Waals surface area (Å²) in [6.07, 6.45) is 5.48. The Hall–Kier alpha value is -3.19. The summed E-state index contributed by atoms with van der Waals surface area (Å²) in [5.74, 6) is 2.41. The minimum Gasteiger partial charge on any atom is -0.497 e. The van der Waals surface area contributed by atoms with Gasteiger partial charge in [-0.05, 0) is 37.6 Å². The number of benzene rings is 1. The molecule has 0 amide bonds. The highest BCUT2D eigenvalue weighted by molar-refractivity contribution is 5.53. The third kappa shape index (κ3) is 4.52. The number of ether oxygens (including phenoxy) is 2. The lowest BCUT2D eigenvalue weighted by Gasteiger charge is -2.32. The average molecular weight is 406 g/mol. The largest absolute Gasteiger partial charge is 0.497 e. The van der Waals surface area contributed by atoms with Crippen LogP contribution in [0.3, 0.4) is 0 Å². The number of nitrogens with zero attached hydrogens (tertiary/aromatic N) is 3. The predicted molar refractivity (Wildman–Crippen MR) is 115 cm³/mol. The van der Waals surface area contributed by atoms with Crippen molar-refractivity contribution in [3.8, 4) is 22.9 Å². The van der Waals surface area contributed by atoms with Crippen LogP contribution in [0.1, 0.15) is 30.0 Å². The van der Waals surface area contributed by atoms with Gasteiger partial charge in [0.1, 0.15) is 17.3 Å². The van der Waals surface area contributed by atoms with Crippen molar-refractivity contribution >= 4 is 0 Å². The lowest BCUT2D eigenvalue weighted by atomic mass is 9.94. The van der Waals surface area contributed by atoms with Crippen molar-refractivity contribution in [3.05, 3.63) is 70.4 Å². The summed E-state index contributed by atoms with van der Waals surface area (Å²) >= 11 is 0. The summed E-state index contributed by atoms with van der Waals surface area (Å²) in [5.41, 5.74) is 2.70. The molecule has 3 heterocycles. The number of hydrogen-bond donors (Lipinski definition) is 1. The van der Waals surface area contributed by atoms with E-state index in [1.807, 2.05) is 30.3 Å². The highest BCUT2D eigenvalue weighted by Gasteiger charge is 2.24. The van der Waals surface area contributed by atoms with Crippen molar-refractivity contribution in [3.63, 3.8) is 0 Å². The van der Waals surface area contributed by atoms with Gasteiger partial charge in [0.05, 0.1) is 19.9 Å². The molecule has 7 nitrogen and oxygen atoms in total. The van der Waals surface area contributed by atoms with E-state index in [-0.39, 0.29) is 11.5 Å². The summed E-state index contributed by atoms with van der Waals surface area (Å²) < 4.78 is 10.8. The average Bonchev–Trinajstić information content (AvgIpc) is 2.79. The molecule has 1 aliphatic rings. The molecule has 1 N–H and O–H groups in total. The van der Waals surface area contributed by atoms with E-state index in [1.165, 1.54) is 0 Å². The minimum atomic E-state index is -0.124. The van der Waals surface area contributed by atoms with E-state index in [1.54, 1.807) is 32.7 Å². The first-order valence-corrected chi connectivity index (χ1v) is 10.1. The van der Waals surface area contributed by atoms with Crippen molar-refractivity contribution in [1.82, 2.24) is 19.9 Å². The number of rotatable bonds is 6. The van der Waals surface area contributed by atoms with Crippen LogP contribution in [-0.2, 0) is 6.54 Å². The third-order valence-electron chi connectivity index (χ3n) is 5.53. The number of aromatic nitrogens is 3. The van der Waals surface area contributed by atoms with Crippen molar-refractivity contribution in [2.24, 2.45) is 0 Å². The maximum atomic E-state index is 12.3. The summed E-state index contributed by atoms with van der Waals surface area (Å²) in [6.45, 7) is 2.64. The minimum absolute atomic E-state index is 0.124. The van der Waals surface area contributed by atoms with E-state index in [0.717, 1.165) is 60.8 Å². The molecule has 1 aromatic carbocycles. The molecule has 1 unspecified atom stereocenters. The molecular formula is C23H26N4O3. The zero-order valence-corrected chi connectivity index (χ0v) is 17.3. The SMILES string of the molecule is COc1ccc(CN2CCCC(c3cc(=O)[nH]c(-c4ccncc4)n3)C2)c(OC)c1. The fourth-order valence-corrected chi connectivity index (χ4v) is 4.00. The second-order valence-corrected chi connectivity index (χ2v) is 7.51. The fourth-order valence-electron chi connectivity index (χ4n) is 4.00. The van der Waals surface area contributed by atoms with Crippen molar-refractivity contribution < 1.29 is 9.47 Å². The molecule has 7 heteroatoms. The van der Waals surface area contributed by atoms with Gasteiger partial charge >= 0.3 is 0 Å². The molecule has 1 fully saturated rings. The van der Waals surface area contributed by atoms with Gasteiger partial charge in [-0.1, -0.05) is 6.07 Å². The highest BCUT2D eigenvalue weighted by atomic mass is 16.5. The number of piperidine rings is 1. The molecular weight excluding hydrogens is 380 g/mol. The highest BCUT2D eigenvalue weighted by Crippen LogP contribution is 2.30. The van der Waals surface area contributed by atoms with E-state index in [4.69, 9.17) is 14.5 Å². The van der Waals surface area contributed by atoms with Crippen LogP contribution in [0.15, 0.2) is 53.6 Å². The topological polar surface area (TPSA) is 80.3 Å². The number of pyridine rings is 1. The molecule has 0 saturated carbocycles. The molecule has 3 aromatic rings. The van der Waals surface area contributed by atoms with Crippen molar-refractivity contribution in [1.29, 1.82) is 0 Å². The number of hydrogen-bond acceptors (Lipinski definition) is 6. The summed E-state index contributed by atoms with van der Waals surface area (Å²) in [5, 5.41) is 0. The molecule has 0 radical (unpaired) electrons. The Balaban J connectivity index is 1.54. The molecule has 0 aliphatic carbocycles. The van der Waals surface area contributed by atoms with E-state index < -0.39 is 0 Å². The lowest BCUT2D eigenvalue weighted by Crippen LogP contribution is -2.34. The van der Waals surface area contributed by atoms with Gasteiger partial charge in [0.25, 0.3) is 5.56 Å². The first kappa shape index (κ1) is 20.1. The van der Waals surface area contributed by atoms with Crippen LogP contribution >= 0.6 is 0 Å². The quantitative estimate of drug-likeness (QED) is 0.677. The fraction of sp³-hybridized carbons (Fsp3) is 0.348. The Labute approximate surface area is 175 Å². The van der Waals surface area contributed by atoms with Gasteiger partial charge in [0.15, 0.2) is 0 Å². The van der Waals surface area contributed by atoms with Crippen LogP contribution in [0.4, 0.5) is 0 Å². The summed E-state index contributed by atoms with van der Waals surface area (Å²) in [7, 11) is 3.33. The smallest absolute Gasteiger partial charge is 0.251 e. The molecule has 0 bridgehead atoms. The van der Waals surface area contributed by atoms with E-state index in [0.29, 0.717) is 5.82 Å². The molecule has 1 saturated heterocycles. The van der Waals surface area contributed by atoms with Crippen LogP contribution < -0.4 is 15.0 Å². The van der Waals surface area contributed by atoms with Crippen LogP contribution in [0.25, 0.3) is 11.4 Å². The van der Waals surface area contributed by atoms with Gasteiger partial charge < -0.3 is 14.5 Å². The molecule has 156 valence electrons. The van der Waals surface area contributed by atoms with Crippen molar-refractivity contribution in [2.45, 2.75) is 25.3 Å². The number of aromatic amines is 1. The normalized spacial score (nSPS) is 16.9. The van der Waals surface area contributed by atoms with Crippen LogP contribution in [0, 0.1) is 0 Å². The molecule has 1 atom stereocenters. The van der Waals surface area contributed by atoms with Crippen molar-refractivity contribution in [2.75, 3.05) is 27.3 Å². The third-order valence-corrected chi connectivity index (χ3v) is 5.53. The van der Waals surface area contributed by atoms with Crippen LogP contribution in [0.2, 0.25) is 0 Å². The molecule has 2 aromatic heterocycles. The number of likely N-dealkylation sites (tertiary alicyclic amines) is 1. The van der Waals surface area contributed by atoms with E-state index in [9.17, 15) is 4.79 Å². The number of methoxy groups -OCH3 is 2. The Kier molecular flexibility index (Phi) is 6.09. The maximum absolute atomic E-state index is 12.3. The Morgan fingerprint density at radius 3 is 2.73 bits per heavy atom. The van der Waals surface area contributed by atoms with Gasteiger partial charge in [-0.2, -0.15) is 0 Å². The Morgan fingerprint density at radius 1 is 1.13 bits per heavy atom. The summed E-state index contributed by atoms with van der Waals surface area (Å²) in [4.78, 5) is 26.3. The first-order valence-electron chi connectivity index (χ1n) is 10.1.